The molecule has 1 fully saturated rings. The third-order valence-corrected chi connectivity index (χ3v) is 5.93. The molecule has 0 aromatic heterocycles. The summed E-state index contributed by atoms with van der Waals surface area (Å²) in [6.07, 6.45) is 9.08. The van der Waals surface area contributed by atoms with Crippen LogP contribution in [0.4, 0.5) is 21.0 Å². The molecule has 0 unspecified atom stereocenters. The molecule has 0 atom stereocenters. The first-order chi connectivity index (χ1) is 16.6. The van der Waals surface area contributed by atoms with Crippen LogP contribution in [0.1, 0.15) is 70.6 Å². The Bertz CT molecular complexity index is 885. The monoisotopic (exact) mass is 463 g/mol. The summed E-state index contributed by atoms with van der Waals surface area (Å²) < 4.78 is 0. The van der Waals surface area contributed by atoms with Gasteiger partial charge < -0.3 is 0 Å². The summed E-state index contributed by atoms with van der Waals surface area (Å²) in [5, 5.41) is 2.27. The zero-order chi connectivity index (χ0) is 24.2. The fourth-order valence-corrected chi connectivity index (χ4v) is 4.12. The summed E-state index contributed by atoms with van der Waals surface area (Å²) in [6.45, 7) is 0. The second-order valence-electron chi connectivity index (χ2n) is 8.55. The van der Waals surface area contributed by atoms with Crippen LogP contribution < -0.4 is 15.1 Å². The fourth-order valence-electron chi connectivity index (χ4n) is 4.12. The molecule has 3 rings (SSSR count). The SMILES string of the molecule is O=C1CCCCCCCCCCCC(=O)N(c2ccccc2)C(=O)NC(=O)N1c1ccccc1. The number of carbonyl (C=O) groups excluding carboxylic acids is 4. The summed E-state index contributed by atoms with van der Waals surface area (Å²) >= 11 is 0. The van der Waals surface area contributed by atoms with E-state index in [9.17, 15) is 19.2 Å². The Kier molecular flexibility index (Phi) is 9.82. The van der Waals surface area contributed by atoms with Crippen molar-refractivity contribution in [2.45, 2.75) is 70.6 Å². The highest BCUT2D eigenvalue weighted by atomic mass is 16.2. The molecule has 0 saturated carbocycles. The van der Waals surface area contributed by atoms with Crippen LogP contribution in [0.2, 0.25) is 0 Å². The number of anilines is 2. The molecule has 0 aliphatic carbocycles. The number of nitrogens with zero attached hydrogens (tertiary/aromatic N) is 2. The Morgan fingerprint density at radius 3 is 1.15 bits per heavy atom. The standard InChI is InChI=1S/C27H33N3O4/c31-24-20-14-6-4-2-1-3-5-7-15-21-25(32)30(23-18-12-9-13-19-23)27(34)28-26(33)29(24)22-16-10-8-11-17-22/h8-13,16-19H,1-7,14-15,20-21H2,(H,28,33,34). The Morgan fingerprint density at radius 2 is 0.794 bits per heavy atom. The highest BCUT2D eigenvalue weighted by molar-refractivity contribution is 6.23. The third kappa shape index (κ3) is 7.27. The van der Waals surface area contributed by atoms with Gasteiger partial charge >= 0.3 is 12.1 Å². The minimum absolute atomic E-state index is 0.206. The lowest BCUT2D eigenvalue weighted by atomic mass is 10.0. The van der Waals surface area contributed by atoms with Crippen LogP contribution in [0.5, 0.6) is 0 Å². The lowest BCUT2D eigenvalue weighted by Crippen LogP contribution is -2.52. The largest absolute Gasteiger partial charge is 0.336 e. The number of amides is 6. The van der Waals surface area contributed by atoms with Crippen LogP contribution in [-0.2, 0) is 9.59 Å². The van der Waals surface area contributed by atoms with Crippen LogP contribution in [-0.4, -0.2) is 23.9 Å². The third-order valence-electron chi connectivity index (χ3n) is 5.93. The Hall–Kier alpha value is -3.48. The first-order valence-electron chi connectivity index (χ1n) is 12.2. The summed E-state index contributed by atoms with van der Waals surface area (Å²) in [7, 11) is 0. The fraction of sp³-hybridized carbons (Fsp3) is 0.407. The molecule has 1 aliphatic heterocycles. The molecule has 1 aliphatic rings. The van der Waals surface area contributed by atoms with Gasteiger partial charge in [0.2, 0.25) is 11.8 Å². The molecule has 0 bridgehead atoms. The molecule has 1 N–H and O–H groups in total. The van der Waals surface area contributed by atoms with Gasteiger partial charge in [0.05, 0.1) is 11.4 Å². The van der Waals surface area contributed by atoms with Crippen LogP contribution in [0.15, 0.2) is 60.7 Å². The van der Waals surface area contributed by atoms with E-state index < -0.39 is 12.1 Å². The number of nitrogens with one attached hydrogen (secondary N) is 1. The number of urea groups is 2. The van der Waals surface area contributed by atoms with Gasteiger partial charge in [0.15, 0.2) is 0 Å². The Labute approximate surface area is 201 Å². The van der Waals surface area contributed by atoms with Crippen LogP contribution >= 0.6 is 0 Å². The van der Waals surface area contributed by atoms with Crippen molar-refractivity contribution >= 4 is 35.3 Å². The van der Waals surface area contributed by atoms with Gasteiger partial charge in [-0.15, -0.1) is 0 Å². The van der Waals surface area contributed by atoms with E-state index >= 15 is 0 Å². The molecule has 7 nitrogen and oxygen atoms in total. The molecular formula is C27H33N3O4. The van der Waals surface area contributed by atoms with E-state index in [1.165, 1.54) is 0 Å². The number of carbonyl (C=O) groups is 4. The van der Waals surface area contributed by atoms with E-state index in [0.29, 0.717) is 24.2 Å². The average Bonchev–Trinajstić information content (AvgIpc) is 2.83. The molecule has 0 radical (unpaired) electrons. The molecule has 34 heavy (non-hydrogen) atoms. The number of rotatable bonds is 2. The highest BCUT2D eigenvalue weighted by Gasteiger charge is 2.29. The number of imide groups is 3. The molecule has 1 heterocycles. The van der Waals surface area contributed by atoms with Crippen molar-refractivity contribution < 1.29 is 19.2 Å². The predicted molar refractivity (Wildman–Crippen MR) is 133 cm³/mol. The first-order valence-corrected chi connectivity index (χ1v) is 12.2. The molecule has 2 aromatic rings. The van der Waals surface area contributed by atoms with E-state index in [4.69, 9.17) is 0 Å². The Morgan fingerprint density at radius 1 is 0.471 bits per heavy atom. The van der Waals surface area contributed by atoms with Crippen molar-refractivity contribution in [2.24, 2.45) is 0 Å². The van der Waals surface area contributed by atoms with E-state index in [1.54, 1.807) is 60.7 Å². The number of hydrogen-bond donors (Lipinski definition) is 1. The molecule has 2 aromatic carbocycles. The van der Waals surface area contributed by atoms with Gasteiger partial charge in [-0.3, -0.25) is 14.9 Å². The van der Waals surface area contributed by atoms with E-state index in [0.717, 1.165) is 54.7 Å². The van der Waals surface area contributed by atoms with Crippen LogP contribution in [0.25, 0.3) is 0 Å². The van der Waals surface area contributed by atoms with Gasteiger partial charge in [-0.25, -0.2) is 19.4 Å². The van der Waals surface area contributed by atoms with E-state index in [-0.39, 0.29) is 24.7 Å². The maximum Gasteiger partial charge on any atom is 0.336 e. The van der Waals surface area contributed by atoms with Crippen molar-refractivity contribution in [1.29, 1.82) is 0 Å². The molecule has 7 heteroatoms. The maximum atomic E-state index is 13.1. The van der Waals surface area contributed by atoms with Crippen molar-refractivity contribution in [3.63, 3.8) is 0 Å². The smallest absolute Gasteiger partial charge is 0.274 e. The highest BCUT2D eigenvalue weighted by Crippen LogP contribution is 2.20. The second kappa shape index (κ2) is 13.3. The number of para-hydroxylation sites is 2. The number of hydrogen-bond acceptors (Lipinski definition) is 4. The van der Waals surface area contributed by atoms with Crippen molar-refractivity contribution in [2.75, 3.05) is 9.80 Å². The zero-order valence-corrected chi connectivity index (χ0v) is 19.6. The quantitative estimate of drug-likeness (QED) is 0.575. The van der Waals surface area contributed by atoms with E-state index in [1.807, 2.05) is 0 Å². The molecule has 1 saturated heterocycles. The topological polar surface area (TPSA) is 86.8 Å². The maximum absolute atomic E-state index is 13.1. The average molecular weight is 464 g/mol. The van der Waals surface area contributed by atoms with Gasteiger partial charge in [-0.2, -0.15) is 0 Å². The lowest BCUT2D eigenvalue weighted by Gasteiger charge is -2.25. The van der Waals surface area contributed by atoms with Crippen LogP contribution in [0.3, 0.4) is 0 Å². The Balaban J connectivity index is 1.86. The lowest BCUT2D eigenvalue weighted by molar-refractivity contribution is -0.118. The van der Waals surface area contributed by atoms with Gasteiger partial charge in [-0.05, 0) is 37.1 Å². The van der Waals surface area contributed by atoms with E-state index in [2.05, 4.69) is 5.32 Å². The molecular weight excluding hydrogens is 430 g/mol. The second-order valence-corrected chi connectivity index (χ2v) is 8.55. The predicted octanol–water partition coefficient (Wildman–Crippen LogP) is 6.19. The summed E-state index contributed by atoms with van der Waals surface area (Å²) in [5.74, 6) is -0.759. The first kappa shape index (κ1) is 25.1. The van der Waals surface area contributed by atoms with Crippen molar-refractivity contribution in [1.82, 2.24) is 5.32 Å². The van der Waals surface area contributed by atoms with Crippen molar-refractivity contribution in [3.05, 3.63) is 60.7 Å². The molecule has 180 valence electrons. The minimum Gasteiger partial charge on any atom is -0.274 e. The normalized spacial score (nSPS) is 18.2. The summed E-state index contributed by atoms with van der Waals surface area (Å²) in [5.41, 5.74) is 0.759. The van der Waals surface area contributed by atoms with Gasteiger partial charge in [-0.1, -0.05) is 81.3 Å². The summed E-state index contributed by atoms with van der Waals surface area (Å²) in [6, 6.07) is 15.3. The number of benzene rings is 2. The summed E-state index contributed by atoms with van der Waals surface area (Å²) in [4.78, 5) is 54.3. The van der Waals surface area contributed by atoms with Gasteiger partial charge in [0.25, 0.3) is 0 Å². The minimum atomic E-state index is -0.865. The van der Waals surface area contributed by atoms with Crippen LogP contribution in [0, 0.1) is 0 Å². The van der Waals surface area contributed by atoms with Gasteiger partial charge in [0, 0.05) is 12.8 Å². The molecule has 6 amide bonds. The molecule has 0 spiro atoms. The zero-order valence-electron chi connectivity index (χ0n) is 19.6. The van der Waals surface area contributed by atoms with Gasteiger partial charge in [0.1, 0.15) is 0 Å². The van der Waals surface area contributed by atoms with Crippen molar-refractivity contribution in [3.8, 4) is 0 Å².